The quantitative estimate of drug-likeness (QED) is 0.788. The largest absolute Gasteiger partial charge is 0.464 e. The number of aliphatic hydroxyl groups is 1. The Labute approximate surface area is 98.4 Å². The number of hydrogen-bond donors (Lipinski definition) is 2. The predicted octanol–water partition coefficient (Wildman–Crippen LogP) is 1.47. The number of ether oxygens (including phenoxy) is 1. The summed E-state index contributed by atoms with van der Waals surface area (Å²) in [6, 6.07) is 5.14. The van der Waals surface area contributed by atoms with Gasteiger partial charge in [-0.05, 0) is 31.5 Å². The highest BCUT2D eigenvalue weighted by atomic mass is 16.5. The minimum absolute atomic E-state index is 0.251. The molecule has 2 N–H and O–H groups in total. The van der Waals surface area contributed by atoms with E-state index in [1.807, 2.05) is 6.92 Å². The van der Waals surface area contributed by atoms with Gasteiger partial charge in [-0.15, -0.1) is 0 Å². The molecule has 0 aliphatic carbocycles. The average molecular weight is 234 g/mol. The van der Waals surface area contributed by atoms with Gasteiger partial charge in [-0.25, -0.2) is 9.78 Å². The van der Waals surface area contributed by atoms with E-state index in [1.54, 1.807) is 25.1 Å². The van der Waals surface area contributed by atoms with Crippen LogP contribution < -0.4 is 0 Å². The molecule has 5 nitrogen and oxygen atoms in total. The van der Waals surface area contributed by atoms with Crippen LogP contribution in [0.15, 0.2) is 18.2 Å². The standard InChI is InChI=1S/C12H14N2O3/c1-3-17-12(16)11(15)8-4-5-9-10(6-8)14-7(2)13-9/h4-6,11,15H,3H2,1-2H3,(H,13,14). The van der Waals surface area contributed by atoms with Crippen LogP contribution in [0.5, 0.6) is 0 Å². The maximum atomic E-state index is 11.4. The number of esters is 1. The van der Waals surface area contributed by atoms with Crippen molar-refractivity contribution in [2.24, 2.45) is 0 Å². The number of rotatable bonds is 3. The molecule has 0 saturated heterocycles. The van der Waals surface area contributed by atoms with Gasteiger partial charge in [-0.2, -0.15) is 0 Å². The van der Waals surface area contributed by atoms with Crippen molar-refractivity contribution in [2.75, 3.05) is 6.61 Å². The molecular formula is C12H14N2O3. The molecule has 5 heteroatoms. The first-order valence-corrected chi connectivity index (χ1v) is 5.42. The number of aromatic nitrogens is 2. The third kappa shape index (κ3) is 2.29. The molecule has 1 atom stereocenters. The number of aryl methyl sites for hydroxylation is 1. The maximum Gasteiger partial charge on any atom is 0.339 e. The van der Waals surface area contributed by atoms with Crippen LogP contribution in [-0.2, 0) is 9.53 Å². The van der Waals surface area contributed by atoms with Crippen molar-refractivity contribution in [2.45, 2.75) is 20.0 Å². The zero-order valence-corrected chi connectivity index (χ0v) is 9.73. The normalized spacial score (nSPS) is 12.6. The first-order valence-electron chi connectivity index (χ1n) is 5.42. The molecule has 2 rings (SSSR count). The van der Waals surface area contributed by atoms with Gasteiger partial charge in [0.05, 0.1) is 17.6 Å². The lowest BCUT2D eigenvalue weighted by atomic mass is 10.1. The molecule has 0 saturated carbocycles. The lowest BCUT2D eigenvalue weighted by molar-refractivity contribution is -0.153. The van der Waals surface area contributed by atoms with Crippen molar-refractivity contribution in [1.29, 1.82) is 0 Å². The van der Waals surface area contributed by atoms with Gasteiger partial charge in [-0.3, -0.25) is 0 Å². The van der Waals surface area contributed by atoms with Gasteiger partial charge in [0.15, 0.2) is 6.10 Å². The number of aliphatic hydroxyl groups excluding tert-OH is 1. The summed E-state index contributed by atoms with van der Waals surface area (Å²) < 4.78 is 4.76. The summed E-state index contributed by atoms with van der Waals surface area (Å²) in [7, 11) is 0. The summed E-state index contributed by atoms with van der Waals surface area (Å²) in [5.41, 5.74) is 2.10. The van der Waals surface area contributed by atoms with Gasteiger partial charge in [0, 0.05) is 0 Å². The summed E-state index contributed by atoms with van der Waals surface area (Å²) in [5.74, 6) is 0.158. The van der Waals surface area contributed by atoms with Gasteiger partial charge in [0.2, 0.25) is 0 Å². The van der Waals surface area contributed by atoms with Gasteiger partial charge < -0.3 is 14.8 Å². The highest BCUT2D eigenvalue weighted by molar-refractivity contribution is 5.80. The van der Waals surface area contributed by atoms with E-state index in [0.29, 0.717) is 5.56 Å². The molecule has 0 fully saturated rings. The van der Waals surface area contributed by atoms with Gasteiger partial charge in [0.1, 0.15) is 5.82 Å². The molecule has 0 amide bonds. The number of hydrogen-bond acceptors (Lipinski definition) is 4. The highest BCUT2D eigenvalue weighted by Crippen LogP contribution is 2.19. The first kappa shape index (κ1) is 11.6. The van der Waals surface area contributed by atoms with Gasteiger partial charge in [0.25, 0.3) is 0 Å². The molecular weight excluding hydrogens is 220 g/mol. The Morgan fingerprint density at radius 1 is 1.59 bits per heavy atom. The lowest BCUT2D eigenvalue weighted by Crippen LogP contribution is -2.15. The maximum absolute atomic E-state index is 11.4. The highest BCUT2D eigenvalue weighted by Gasteiger charge is 2.19. The van der Waals surface area contributed by atoms with E-state index < -0.39 is 12.1 Å². The SMILES string of the molecule is CCOC(=O)C(O)c1ccc2nc(C)[nH]c2c1. The molecule has 1 unspecified atom stereocenters. The van der Waals surface area contributed by atoms with E-state index in [4.69, 9.17) is 4.74 Å². The molecule has 90 valence electrons. The number of nitrogens with one attached hydrogen (secondary N) is 1. The van der Waals surface area contributed by atoms with Crippen LogP contribution in [0.25, 0.3) is 11.0 Å². The third-order valence-corrected chi connectivity index (χ3v) is 2.45. The number of H-pyrrole nitrogens is 1. The molecule has 1 heterocycles. The molecule has 2 aromatic rings. The average Bonchev–Trinajstić information content (AvgIpc) is 2.67. The minimum atomic E-state index is -1.25. The van der Waals surface area contributed by atoms with E-state index in [1.165, 1.54) is 0 Å². The van der Waals surface area contributed by atoms with Crippen LogP contribution in [0.2, 0.25) is 0 Å². The van der Waals surface area contributed by atoms with Crippen LogP contribution in [0.1, 0.15) is 24.4 Å². The van der Waals surface area contributed by atoms with E-state index in [9.17, 15) is 9.90 Å². The topological polar surface area (TPSA) is 75.2 Å². The number of carbonyl (C=O) groups is 1. The summed E-state index contributed by atoms with van der Waals surface area (Å²) in [4.78, 5) is 18.7. The zero-order valence-electron chi connectivity index (χ0n) is 9.73. The molecule has 17 heavy (non-hydrogen) atoms. The predicted molar refractivity (Wildman–Crippen MR) is 62.4 cm³/mol. The fourth-order valence-electron chi connectivity index (χ4n) is 1.68. The van der Waals surface area contributed by atoms with E-state index in [2.05, 4.69) is 9.97 Å². The Bertz CT molecular complexity index is 548. The number of aromatic amines is 1. The molecule has 0 spiro atoms. The number of benzene rings is 1. The molecule has 0 bridgehead atoms. The molecule has 0 radical (unpaired) electrons. The van der Waals surface area contributed by atoms with Crippen LogP contribution in [0.4, 0.5) is 0 Å². The number of imidazole rings is 1. The van der Waals surface area contributed by atoms with E-state index >= 15 is 0 Å². The number of carbonyl (C=O) groups excluding carboxylic acids is 1. The van der Waals surface area contributed by atoms with Crippen LogP contribution in [0, 0.1) is 6.92 Å². The van der Waals surface area contributed by atoms with Crippen LogP contribution >= 0.6 is 0 Å². The van der Waals surface area contributed by atoms with Crippen molar-refractivity contribution in [3.63, 3.8) is 0 Å². The molecule has 0 aliphatic rings. The molecule has 1 aromatic heterocycles. The van der Waals surface area contributed by atoms with Crippen LogP contribution in [0.3, 0.4) is 0 Å². The molecule has 0 aliphatic heterocycles. The minimum Gasteiger partial charge on any atom is -0.464 e. The van der Waals surface area contributed by atoms with E-state index in [0.717, 1.165) is 16.9 Å². The van der Waals surface area contributed by atoms with E-state index in [-0.39, 0.29) is 6.61 Å². The summed E-state index contributed by atoms with van der Waals surface area (Å²) >= 11 is 0. The Balaban J connectivity index is 2.32. The van der Waals surface area contributed by atoms with Crippen LogP contribution in [-0.4, -0.2) is 27.7 Å². The second-order valence-corrected chi connectivity index (χ2v) is 3.75. The van der Waals surface area contributed by atoms with Gasteiger partial charge >= 0.3 is 5.97 Å². The number of nitrogens with zero attached hydrogens (tertiary/aromatic N) is 1. The first-order chi connectivity index (χ1) is 8.11. The van der Waals surface area contributed by atoms with Gasteiger partial charge in [-0.1, -0.05) is 6.07 Å². The summed E-state index contributed by atoms with van der Waals surface area (Å²) in [5, 5.41) is 9.78. The summed E-state index contributed by atoms with van der Waals surface area (Å²) in [6.45, 7) is 3.80. The fraction of sp³-hybridized carbons (Fsp3) is 0.333. The Morgan fingerprint density at radius 3 is 3.06 bits per heavy atom. The zero-order chi connectivity index (χ0) is 12.4. The van der Waals surface area contributed by atoms with Crippen molar-refractivity contribution in [3.8, 4) is 0 Å². The Morgan fingerprint density at radius 2 is 2.35 bits per heavy atom. The van der Waals surface area contributed by atoms with Crippen molar-refractivity contribution in [3.05, 3.63) is 29.6 Å². The second-order valence-electron chi connectivity index (χ2n) is 3.75. The number of fused-ring (bicyclic) bond motifs is 1. The van der Waals surface area contributed by atoms with Crippen molar-refractivity contribution < 1.29 is 14.6 Å². The van der Waals surface area contributed by atoms with Crippen molar-refractivity contribution >= 4 is 17.0 Å². The Kier molecular flexibility index (Phi) is 3.10. The monoisotopic (exact) mass is 234 g/mol. The fourth-order valence-corrected chi connectivity index (χ4v) is 1.68. The smallest absolute Gasteiger partial charge is 0.339 e. The second kappa shape index (κ2) is 4.55. The Hall–Kier alpha value is -1.88. The summed E-state index contributed by atoms with van der Waals surface area (Å²) in [6.07, 6.45) is -1.25. The third-order valence-electron chi connectivity index (χ3n) is 2.45. The lowest BCUT2D eigenvalue weighted by Gasteiger charge is -2.09. The molecule has 1 aromatic carbocycles. The van der Waals surface area contributed by atoms with Crippen molar-refractivity contribution in [1.82, 2.24) is 9.97 Å².